The van der Waals surface area contributed by atoms with Gasteiger partial charge in [0, 0.05) is 28.8 Å². The van der Waals surface area contributed by atoms with Gasteiger partial charge in [-0.2, -0.15) is 0 Å². The second-order valence-electron chi connectivity index (χ2n) is 5.62. The van der Waals surface area contributed by atoms with Crippen molar-refractivity contribution in [3.05, 3.63) is 83.8 Å². The molecule has 0 spiro atoms. The van der Waals surface area contributed by atoms with Gasteiger partial charge in [-0.05, 0) is 18.2 Å². The van der Waals surface area contributed by atoms with Gasteiger partial charge in [0.25, 0.3) is 0 Å². The van der Waals surface area contributed by atoms with Gasteiger partial charge in [-0.3, -0.25) is 14.6 Å². The van der Waals surface area contributed by atoms with E-state index in [2.05, 4.69) is 10.3 Å². The molecule has 6 heteroatoms. The topological polar surface area (TPSA) is 85.1 Å². The average Bonchev–Trinajstić information content (AvgIpc) is 2.65. The number of pyridine rings is 1. The second-order valence-corrected chi connectivity index (χ2v) is 5.62. The van der Waals surface area contributed by atoms with Crippen LogP contribution in [-0.4, -0.2) is 16.8 Å². The maximum atomic E-state index is 13.9. The number of hydrogen-bond donors (Lipinski definition) is 2. The quantitative estimate of drug-likeness (QED) is 0.695. The average molecular weight is 349 g/mol. The second kappa shape index (κ2) is 7.57. The summed E-state index contributed by atoms with van der Waals surface area (Å²) in [6.45, 7) is 0. The van der Waals surface area contributed by atoms with Crippen molar-refractivity contribution < 1.29 is 14.0 Å². The van der Waals surface area contributed by atoms with Crippen LogP contribution in [-0.2, 0) is 9.59 Å². The molecule has 5 nitrogen and oxygen atoms in total. The van der Waals surface area contributed by atoms with Crippen molar-refractivity contribution in [1.82, 2.24) is 10.3 Å². The molecule has 0 fully saturated rings. The molecule has 1 aromatic heterocycles. The number of rotatable bonds is 5. The summed E-state index contributed by atoms with van der Waals surface area (Å²) in [4.78, 5) is 28.1. The van der Waals surface area contributed by atoms with E-state index in [9.17, 15) is 14.0 Å². The summed E-state index contributed by atoms with van der Waals surface area (Å²) in [6, 6.07) is 13.8. The lowest BCUT2D eigenvalue weighted by Gasteiger charge is -2.15. The minimum atomic E-state index is -1.25. The molecule has 0 unspecified atom stereocenters. The van der Waals surface area contributed by atoms with Crippen LogP contribution >= 0.6 is 0 Å². The number of aromatic nitrogens is 1. The summed E-state index contributed by atoms with van der Waals surface area (Å²) in [6.07, 6.45) is 4.52. The van der Waals surface area contributed by atoms with Gasteiger partial charge in [-0.1, -0.05) is 42.5 Å². The molecular formula is C20H16FN3O2. The molecule has 2 aromatic carbocycles. The maximum Gasteiger partial charge on any atom is 0.244 e. The van der Waals surface area contributed by atoms with Crippen LogP contribution in [0.25, 0.3) is 17.0 Å². The number of hydrogen-bond acceptors (Lipinski definition) is 3. The fourth-order valence-corrected chi connectivity index (χ4v) is 2.63. The Balaban J connectivity index is 1.81. The van der Waals surface area contributed by atoms with Gasteiger partial charge in [0.2, 0.25) is 11.8 Å². The third-order valence-electron chi connectivity index (χ3n) is 3.87. The number of carbonyl (C=O) groups is 2. The van der Waals surface area contributed by atoms with E-state index in [4.69, 9.17) is 5.73 Å². The number of primary amides is 1. The number of carbonyl (C=O) groups excluding carboxylic acids is 2. The third kappa shape index (κ3) is 3.75. The lowest BCUT2D eigenvalue weighted by atomic mass is 10.1. The summed E-state index contributed by atoms with van der Waals surface area (Å²) in [5.41, 5.74) is 6.83. The predicted molar refractivity (Wildman–Crippen MR) is 97.3 cm³/mol. The van der Waals surface area contributed by atoms with Gasteiger partial charge in [0.1, 0.15) is 11.9 Å². The van der Waals surface area contributed by atoms with Gasteiger partial charge < -0.3 is 11.1 Å². The molecule has 2 amide bonds. The molecular weight excluding hydrogens is 333 g/mol. The first-order chi connectivity index (χ1) is 12.6. The van der Waals surface area contributed by atoms with Crippen LogP contribution in [0.1, 0.15) is 17.2 Å². The number of nitrogens with two attached hydrogens (primary N) is 1. The van der Waals surface area contributed by atoms with Gasteiger partial charge in [0.05, 0.1) is 5.52 Å². The summed E-state index contributed by atoms with van der Waals surface area (Å²) in [7, 11) is 0. The summed E-state index contributed by atoms with van der Waals surface area (Å²) >= 11 is 0. The third-order valence-corrected chi connectivity index (χ3v) is 3.87. The zero-order valence-corrected chi connectivity index (χ0v) is 13.7. The minimum Gasteiger partial charge on any atom is -0.368 e. The zero-order valence-electron chi connectivity index (χ0n) is 13.7. The van der Waals surface area contributed by atoms with Crippen LogP contribution in [0, 0.1) is 5.82 Å². The van der Waals surface area contributed by atoms with Crippen molar-refractivity contribution in [2.75, 3.05) is 0 Å². The normalized spacial score (nSPS) is 12.2. The molecule has 0 aliphatic carbocycles. The Morgan fingerprint density at radius 1 is 1.08 bits per heavy atom. The number of benzene rings is 2. The van der Waals surface area contributed by atoms with E-state index in [1.807, 2.05) is 30.3 Å². The van der Waals surface area contributed by atoms with E-state index in [1.165, 1.54) is 24.3 Å². The first-order valence-electron chi connectivity index (χ1n) is 7.92. The van der Waals surface area contributed by atoms with E-state index in [0.717, 1.165) is 16.5 Å². The Bertz CT molecular complexity index is 996. The SMILES string of the molecule is NC(=O)[C@@H](NC(=O)/C=C\c1cccc2cccnc12)c1ccccc1F. The maximum absolute atomic E-state index is 13.9. The highest BCUT2D eigenvalue weighted by Crippen LogP contribution is 2.18. The summed E-state index contributed by atoms with van der Waals surface area (Å²) in [5, 5.41) is 3.37. The van der Waals surface area contributed by atoms with Crippen LogP contribution in [0.3, 0.4) is 0 Å². The number of halogens is 1. The van der Waals surface area contributed by atoms with Crippen LogP contribution in [0.15, 0.2) is 66.9 Å². The van der Waals surface area contributed by atoms with Crippen molar-refractivity contribution in [2.45, 2.75) is 6.04 Å². The highest BCUT2D eigenvalue weighted by atomic mass is 19.1. The number of amides is 2. The van der Waals surface area contributed by atoms with E-state index in [1.54, 1.807) is 18.3 Å². The number of nitrogens with zero attached hydrogens (tertiary/aromatic N) is 1. The lowest BCUT2D eigenvalue weighted by molar-refractivity contribution is -0.125. The predicted octanol–water partition coefficient (Wildman–Crippen LogP) is 2.73. The fourth-order valence-electron chi connectivity index (χ4n) is 2.63. The number of nitrogens with one attached hydrogen (secondary N) is 1. The largest absolute Gasteiger partial charge is 0.368 e. The molecule has 0 saturated carbocycles. The van der Waals surface area contributed by atoms with Crippen molar-refractivity contribution in [1.29, 1.82) is 0 Å². The van der Waals surface area contributed by atoms with Crippen LogP contribution in [0.2, 0.25) is 0 Å². The molecule has 3 N–H and O–H groups in total. The molecule has 26 heavy (non-hydrogen) atoms. The molecule has 1 atom stereocenters. The Kier molecular flexibility index (Phi) is 5.03. The Morgan fingerprint density at radius 2 is 1.85 bits per heavy atom. The first-order valence-corrected chi connectivity index (χ1v) is 7.92. The van der Waals surface area contributed by atoms with Crippen molar-refractivity contribution >= 4 is 28.8 Å². The van der Waals surface area contributed by atoms with Gasteiger partial charge in [-0.25, -0.2) is 4.39 Å². The molecule has 1 heterocycles. The van der Waals surface area contributed by atoms with Crippen LogP contribution in [0.4, 0.5) is 4.39 Å². The van der Waals surface area contributed by atoms with Gasteiger partial charge in [0.15, 0.2) is 0 Å². The summed E-state index contributed by atoms with van der Waals surface area (Å²) < 4.78 is 13.9. The highest BCUT2D eigenvalue weighted by molar-refractivity contribution is 5.97. The van der Waals surface area contributed by atoms with Gasteiger partial charge in [-0.15, -0.1) is 0 Å². The molecule has 3 rings (SSSR count). The number of para-hydroxylation sites is 1. The summed E-state index contributed by atoms with van der Waals surface area (Å²) in [5.74, 6) is -2.02. The smallest absolute Gasteiger partial charge is 0.244 e. The van der Waals surface area contributed by atoms with Crippen molar-refractivity contribution in [3.8, 4) is 0 Å². The van der Waals surface area contributed by atoms with Crippen LogP contribution in [0.5, 0.6) is 0 Å². The molecule has 3 aromatic rings. The Labute approximate surface area is 149 Å². The lowest BCUT2D eigenvalue weighted by Crippen LogP contribution is -2.37. The van der Waals surface area contributed by atoms with E-state index < -0.39 is 23.7 Å². The molecule has 130 valence electrons. The molecule has 0 aliphatic rings. The zero-order chi connectivity index (χ0) is 18.5. The fraction of sp³-hybridized carbons (Fsp3) is 0.0500. The Morgan fingerprint density at radius 3 is 2.62 bits per heavy atom. The van der Waals surface area contributed by atoms with Crippen molar-refractivity contribution in [2.24, 2.45) is 5.73 Å². The van der Waals surface area contributed by atoms with E-state index in [-0.39, 0.29) is 5.56 Å². The molecule has 0 radical (unpaired) electrons. The highest BCUT2D eigenvalue weighted by Gasteiger charge is 2.22. The standard InChI is InChI=1S/C20H16FN3O2/c21-16-9-2-1-8-15(16)19(20(22)26)24-17(25)11-10-14-6-3-5-13-7-4-12-23-18(13)14/h1-12,19H,(H2,22,26)(H,24,25)/b11-10-/t19-/m0/s1. The molecule has 0 aliphatic heterocycles. The molecule has 0 saturated heterocycles. The molecule has 0 bridgehead atoms. The van der Waals surface area contributed by atoms with Gasteiger partial charge >= 0.3 is 0 Å². The van der Waals surface area contributed by atoms with E-state index in [0.29, 0.717) is 0 Å². The monoisotopic (exact) mass is 349 g/mol. The first kappa shape index (κ1) is 17.3. The van der Waals surface area contributed by atoms with Crippen LogP contribution < -0.4 is 11.1 Å². The van der Waals surface area contributed by atoms with E-state index >= 15 is 0 Å². The van der Waals surface area contributed by atoms with Crippen molar-refractivity contribution in [3.63, 3.8) is 0 Å². The number of fused-ring (bicyclic) bond motifs is 1. The Hall–Kier alpha value is -3.54. The minimum absolute atomic E-state index is 0.0218.